The van der Waals surface area contributed by atoms with Gasteiger partial charge < -0.3 is 4.74 Å². The highest BCUT2D eigenvalue weighted by Gasteiger charge is 2.27. The van der Waals surface area contributed by atoms with E-state index in [1.165, 1.54) is 4.31 Å². The second kappa shape index (κ2) is 6.94. The SMILES string of the molecule is O=[C][C@H](Cc1ccccc1)NS(=O)(=O)N1CCOCC1. The van der Waals surface area contributed by atoms with Gasteiger partial charge in [-0.25, -0.2) is 0 Å². The van der Waals surface area contributed by atoms with E-state index in [2.05, 4.69) is 4.72 Å². The largest absolute Gasteiger partial charge is 0.379 e. The van der Waals surface area contributed by atoms with Crippen LogP contribution in [0.4, 0.5) is 0 Å². The van der Waals surface area contributed by atoms with E-state index in [9.17, 15) is 13.2 Å². The number of nitrogens with zero attached hydrogens (tertiary/aromatic N) is 1. The first-order chi connectivity index (χ1) is 9.62. The maximum atomic E-state index is 12.1. The minimum Gasteiger partial charge on any atom is -0.379 e. The fourth-order valence-corrected chi connectivity index (χ4v) is 3.27. The van der Waals surface area contributed by atoms with Crippen molar-refractivity contribution in [2.75, 3.05) is 26.3 Å². The minimum atomic E-state index is -3.67. The summed E-state index contributed by atoms with van der Waals surface area (Å²) >= 11 is 0. The maximum Gasteiger partial charge on any atom is 0.280 e. The number of rotatable bonds is 6. The molecule has 0 saturated carbocycles. The third-order valence-corrected chi connectivity index (χ3v) is 4.65. The van der Waals surface area contributed by atoms with Gasteiger partial charge in [0.2, 0.25) is 6.29 Å². The molecule has 1 heterocycles. The van der Waals surface area contributed by atoms with E-state index in [0.717, 1.165) is 5.56 Å². The van der Waals surface area contributed by atoms with Crippen molar-refractivity contribution >= 4 is 16.5 Å². The number of morpholine rings is 1. The molecule has 0 bridgehead atoms. The summed E-state index contributed by atoms with van der Waals surface area (Å²) < 4.78 is 33.0. The van der Waals surface area contributed by atoms with Crippen molar-refractivity contribution in [3.05, 3.63) is 35.9 Å². The van der Waals surface area contributed by atoms with Crippen molar-refractivity contribution in [2.45, 2.75) is 12.5 Å². The van der Waals surface area contributed by atoms with Crippen LogP contribution in [0.15, 0.2) is 30.3 Å². The van der Waals surface area contributed by atoms with Gasteiger partial charge in [0.15, 0.2) is 0 Å². The Bertz CT molecular complexity index is 527. The van der Waals surface area contributed by atoms with Gasteiger partial charge in [0.05, 0.1) is 19.3 Å². The van der Waals surface area contributed by atoms with Gasteiger partial charge in [-0.15, -0.1) is 0 Å². The number of hydrogen-bond acceptors (Lipinski definition) is 4. The molecule has 1 N–H and O–H groups in total. The summed E-state index contributed by atoms with van der Waals surface area (Å²) in [5, 5.41) is 0. The third-order valence-electron chi connectivity index (χ3n) is 3.03. The predicted molar refractivity (Wildman–Crippen MR) is 74.1 cm³/mol. The molecule has 0 aromatic heterocycles. The van der Waals surface area contributed by atoms with Crippen LogP contribution in [0.3, 0.4) is 0 Å². The lowest BCUT2D eigenvalue weighted by molar-refractivity contribution is 0.0724. The molecule has 1 aliphatic heterocycles. The van der Waals surface area contributed by atoms with E-state index in [1.54, 1.807) is 6.29 Å². The Morgan fingerprint density at radius 1 is 1.25 bits per heavy atom. The second-order valence-electron chi connectivity index (χ2n) is 4.49. The number of benzene rings is 1. The van der Waals surface area contributed by atoms with Crippen LogP contribution in [-0.4, -0.2) is 51.4 Å². The molecule has 0 amide bonds. The smallest absolute Gasteiger partial charge is 0.280 e. The summed E-state index contributed by atoms with van der Waals surface area (Å²) in [5.41, 5.74) is 0.880. The van der Waals surface area contributed by atoms with Gasteiger partial charge in [-0.05, 0) is 12.0 Å². The zero-order valence-corrected chi connectivity index (χ0v) is 11.8. The Hall–Kier alpha value is -1.28. The summed E-state index contributed by atoms with van der Waals surface area (Å²) in [7, 11) is -3.67. The van der Waals surface area contributed by atoms with E-state index in [1.807, 2.05) is 30.3 Å². The average molecular weight is 297 g/mol. The molecule has 109 valence electrons. The Balaban J connectivity index is 2.00. The van der Waals surface area contributed by atoms with Gasteiger partial charge in [0.1, 0.15) is 0 Å². The lowest BCUT2D eigenvalue weighted by Crippen LogP contribution is -2.50. The first kappa shape index (κ1) is 15.1. The normalized spacial score (nSPS) is 18.6. The molecular formula is C13H17N2O4S. The molecule has 1 aliphatic rings. The molecule has 2 rings (SSSR count). The highest BCUT2D eigenvalue weighted by atomic mass is 32.2. The molecule has 1 aromatic rings. The molecule has 1 saturated heterocycles. The summed E-state index contributed by atoms with van der Waals surface area (Å²) in [6.45, 7) is 1.34. The van der Waals surface area contributed by atoms with Gasteiger partial charge >= 0.3 is 0 Å². The number of ether oxygens (including phenoxy) is 1. The summed E-state index contributed by atoms with van der Waals surface area (Å²) in [6.07, 6.45) is 2.03. The van der Waals surface area contributed by atoms with Crippen LogP contribution in [0.1, 0.15) is 5.56 Å². The molecule has 0 aliphatic carbocycles. The van der Waals surface area contributed by atoms with E-state index in [4.69, 9.17) is 4.74 Å². The van der Waals surface area contributed by atoms with Gasteiger partial charge in [-0.3, -0.25) is 4.79 Å². The molecular weight excluding hydrogens is 280 g/mol. The van der Waals surface area contributed by atoms with E-state index in [-0.39, 0.29) is 6.42 Å². The molecule has 1 aromatic carbocycles. The van der Waals surface area contributed by atoms with Crippen LogP contribution in [0.2, 0.25) is 0 Å². The van der Waals surface area contributed by atoms with Gasteiger partial charge in [0.25, 0.3) is 10.2 Å². The van der Waals surface area contributed by atoms with Crippen molar-refractivity contribution in [2.24, 2.45) is 0 Å². The van der Waals surface area contributed by atoms with Crippen LogP contribution in [0.5, 0.6) is 0 Å². The summed E-state index contributed by atoms with van der Waals surface area (Å²) in [4.78, 5) is 11.0. The second-order valence-corrected chi connectivity index (χ2v) is 6.20. The molecule has 1 fully saturated rings. The lowest BCUT2D eigenvalue weighted by atomic mass is 10.1. The van der Waals surface area contributed by atoms with Crippen molar-refractivity contribution in [3.8, 4) is 0 Å². The molecule has 20 heavy (non-hydrogen) atoms. The Kier molecular flexibility index (Phi) is 5.24. The zero-order chi connectivity index (χ0) is 14.4. The van der Waals surface area contributed by atoms with Crippen LogP contribution in [-0.2, 0) is 26.2 Å². The average Bonchev–Trinajstić information content (AvgIpc) is 2.48. The van der Waals surface area contributed by atoms with Crippen LogP contribution < -0.4 is 4.72 Å². The van der Waals surface area contributed by atoms with Crippen molar-refractivity contribution in [3.63, 3.8) is 0 Å². The molecule has 7 heteroatoms. The molecule has 1 radical (unpaired) electrons. The quantitative estimate of drug-likeness (QED) is 0.794. The fourth-order valence-electron chi connectivity index (χ4n) is 2.00. The molecule has 0 spiro atoms. The molecule has 1 atom stereocenters. The first-order valence-corrected chi connectivity index (χ1v) is 7.82. The van der Waals surface area contributed by atoms with Crippen molar-refractivity contribution in [1.82, 2.24) is 9.03 Å². The highest BCUT2D eigenvalue weighted by molar-refractivity contribution is 7.87. The van der Waals surface area contributed by atoms with Crippen LogP contribution >= 0.6 is 0 Å². The monoisotopic (exact) mass is 297 g/mol. The van der Waals surface area contributed by atoms with Crippen molar-refractivity contribution < 1.29 is 17.9 Å². The minimum absolute atomic E-state index is 0.286. The number of nitrogens with one attached hydrogen (secondary N) is 1. The van der Waals surface area contributed by atoms with Crippen LogP contribution in [0, 0.1) is 0 Å². The van der Waals surface area contributed by atoms with Gasteiger partial charge in [-0.2, -0.15) is 17.4 Å². The standard InChI is InChI=1S/C13H17N2O4S/c16-11-13(10-12-4-2-1-3-5-12)14-20(17,18)15-6-8-19-9-7-15/h1-5,13-14H,6-10H2/t13-/m0/s1. The first-order valence-electron chi connectivity index (χ1n) is 6.38. The Morgan fingerprint density at radius 3 is 2.50 bits per heavy atom. The third kappa shape index (κ3) is 4.11. The Morgan fingerprint density at radius 2 is 1.90 bits per heavy atom. The topological polar surface area (TPSA) is 75.7 Å². The highest BCUT2D eigenvalue weighted by Crippen LogP contribution is 2.07. The fraction of sp³-hybridized carbons (Fsp3) is 0.462. The van der Waals surface area contributed by atoms with Crippen molar-refractivity contribution in [1.29, 1.82) is 0 Å². The molecule has 6 nitrogen and oxygen atoms in total. The number of hydrogen-bond donors (Lipinski definition) is 1. The summed E-state index contributed by atoms with van der Waals surface area (Å²) in [6, 6.07) is 8.34. The Labute approximate surface area is 118 Å². The predicted octanol–water partition coefficient (Wildman–Crippen LogP) is -0.126. The zero-order valence-electron chi connectivity index (χ0n) is 11.0. The summed E-state index contributed by atoms with van der Waals surface area (Å²) in [5.74, 6) is 0. The lowest BCUT2D eigenvalue weighted by Gasteiger charge is -2.27. The maximum absolute atomic E-state index is 12.1. The van der Waals surface area contributed by atoms with E-state index >= 15 is 0 Å². The molecule has 0 unspecified atom stereocenters. The number of carbonyl (C=O) groups excluding carboxylic acids is 1. The van der Waals surface area contributed by atoms with E-state index < -0.39 is 16.3 Å². The van der Waals surface area contributed by atoms with E-state index in [0.29, 0.717) is 26.3 Å². The van der Waals surface area contributed by atoms with Crippen LogP contribution in [0.25, 0.3) is 0 Å². The van der Waals surface area contributed by atoms with Gasteiger partial charge in [0, 0.05) is 13.1 Å². The van der Waals surface area contributed by atoms with Gasteiger partial charge in [-0.1, -0.05) is 30.3 Å².